The first-order chi connectivity index (χ1) is 10.2. The maximum absolute atomic E-state index is 13.3. The van der Waals surface area contributed by atoms with Crippen molar-refractivity contribution in [3.63, 3.8) is 0 Å². The molecule has 0 saturated heterocycles. The Hall–Kier alpha value is -2.31. The van der Waals surface area contributed by atoms with Crippen molar-refractivity contribution in [2.75, 3.05) is 25.5 Å². The van der Waals surface area contributed by atoms with Gasteiger partial charge in [-0.05, 0) is 39.0 Å². The van der Waals surface area contributed by atoms with Crippen molar-refractivity contribution in [2.24, 2.45) is 0 Å². The molecule has 0 saturated carbocycles. The number of halogens is 1. The van der Waals surface area contributed by atoms with Gasteiger partial charge in [-0.3, -0.25) is 0 Å². The van der Waals surface area contributed by atoms with Crippen molar-refractivity contribution in [3.05, 3.63) is 29.6 Å². The fraction of sp³-hybridized carbons (Fsp3) is 0.467. The number of carbonyl (C=O) groups excluding carboxylic acids is 2. The molecule has 0 spiro atoms. The molecule has 7 heteroatoms. The number of nitrogens with one attached hydrogen (secondary N) is 2. The van der Waals surface area contributed by atoms with Crippen LogP contribution in [0.1, 0.15) is 31.1 Å². The summed E-state index contributed by atoms with van der Waals surface area (Å²) < 4.78 is 23.0. The minimum atomic E-state index is -0.571. The van der Waals surface area contributed by atoms with E-state index in [-0.39, 0.29) is 12.1 Å². The highest BCUT2D eigenvalue weighted by atomic mass is 19.1. The number of ether oxygens (including phenoxy) is 2. The fourth-order valence-corrected chi connectivity index (χ4v) is 1.63. The van der Waals surface area contributed by atoms with Crippen LogP contribution in [0.4, 0.5) is 14.9 Å². The van der Waals surface area contributed by atoms with Gasteiger partial charge in [0.1, 0.15) is 11.4 Å². The van der Waals surface area contributed by atoms with E-state index in [0.29, 0.717) is 12.2 Å². The molecule has 0 aliphatic heterocycles. The van der Waals surface area contributed by atoms with Crippen molar-refractivity contribution in [3.8, 4) is 0 Å². The first-order valence-corrected chi connectivity index (χ1v) is 6.81. The zero-order valence-corrected chi connectivity index (χ0v) is 13.2. The molecule has 0 radical (unpaired) electrons. The fourth-order valence-electron chi connectivity index (χ4n) is 1.63. The van der Waals surface area contributed by atoms with Crippen LogP contribution >= 0.6 is 0 Å². The van der Waals surface area contributed by atoms with Gasteiger partial charge in [0.05, 0.1) is 18.4 Å². The number of alkyl carbamates (subject to hydrolysis) is 1. The van der Waals surface area contributed by atoms with Crippen molar-refractivity contribution < 1.29 is 23.5 Å². The van der Waals surface area contributed by atoms with Gasteiger partial charge in [-0.2, -0.15) is 0 Å². The molecule has 22 heavy (non-hydrogen) atoms. The molecule has 1 aromatic rings. The second-order valence-electron chi connectivity index (χ2n) is 5.54. The van der Waals surface area contributed by atoms with E-state index in [2.05, 4.69) is 15.4 Å². The summed E-state index contributed by atoms with van der Waals surface area (Å²) in [7, 11) is 1.25. The average molecular weight is 312 g/mol. The minimum absolute atomic E-state index is 0.223. The Morgan fingerprint density at radius 3 is 2.50 bits per heavy atom. The van der Waals surface area contributed by atoms with Crippen LogP contribution < -0.4 is 10.6 Å². The highest BCUT2D eigenvalue weighted by Gasteiger charge is 2.16. The summed E-state index contributed by atoms with van der Waals surface area (Å²) in [5.41, 5.74) is -0.0444. The number of anilines is 1. The number of amides is 1. The Morgan fingerprint density at radius 1 is 1.23 bits per heavy atom. The number of hydrogen-bond acceptors (Lipinski definition) is 5. The number of carbonyl (C=O) groups is 2. The second-order valence-corrected chi connectivity index (χ2v) is 5.54. The molecule has 0 aromatic heterocycles. The van der Waals surface area contributed by atoms with Gasteiger partial charge in [-0.15, -0.1) is 0 Å². The number of esters is 1. The van der Waals surface area contributed by atoms with E-state index in [9.17, 15) is 14.0 Å². The lowest BCUT2D eigenvalue weighted by Gasteiger charge is -2.19. The predicted molar refractivity (Wildman–Crippen MR) is 80.5 cm³/mol. The van der Waals surface area contributed by atoms with Gasteiger partial charge in [0.15, 0.2) is 0 Å². The first kappa shape index (κ1) is 17.7. The standard InChI is InChI=1S/C15H21FN2O4/c1-15(2,3)22-14(20)18-8-7-17-12-9-10(16)5-6-11(12)13(19)21-4/h5-6,9,17H,7-8H2,1-4H3,(H,18,20). The summed E-state index contributed by atoms with van der Waals surface area (Å²) in [6.45, 7) is 5.85. The summed E-state index contributed by atoms with van der Waals surface area (Å²) in [6.07, 6.45) is -0.540. The van der Waals surface area contributed by atoms with E-state index in [0.717, 1.165) is 0 Å². The molecule has 0 aliphatic rings. The van der Waals surface area contributed by atoms with Crippen LogP contribution in [-0.2, 0) is 9.47 Å². The Bertz CT molecular complexity index is 541. The van der Waals surface area contributed by atoms with Gasteiger partial charge >= 0.3 is 12.1 Å². The minimum Gasteiger partial charge on any atom is -0.465 e. The summed E-state index contributed by atoms with van der Waals surface area (Å²) in [4.78, 5) is 23.0. The van der Waals surface area contributed by atoms with Gasteiger partial charge in [-0.1, -0.05) is 0 Å². The van der Waals surface area contributed by atoms with Crippen LogP contribution in [0.25, 0.3) is 0 Å². The Kier molecular flexibility index (Phi) is 6.15. The maximum atomic E-state index is 13.3. The lowest BCUT2D eigenvalue weighted by Crippen LogP contribution is -2.35. The van der Waals surface area contributed by atoms with E-state index >= 15 is 0 Å². The SMILES string of the molecule is COC(=O)c1ccc(F)cc1NCCNC(=O)OC(C)(C)C. The zero-order chi connectivity index (χ0) is 16.8. The predicted octanol–water partition coefficient (Wildman–Crippen LogP) is 2.55. The van der Waals surface area contributed by atoms with Crippen LogP contribution in [0.5, 0.6) is 0 Å². The van der Waals surface area contributed by atoms with Crippen molar-refractivity contribution >= 4 is 17.7 Å². The molecule has 2 N–H and O–H groups in total. The number of methoxy groups -OCH3 is 1. The molecule has 1 aromatic carbocycles. The van der Waals surface area contributed by atoms with Crippen molar-refractivity contribution in [2.45, 2.75) is 26.4 Å². The molecule has 6 nitrogen and oxygen atoms in total. The van der Waals surface area contributed by atoms with Crippen LogP contribution in [0.15, 0.2) is 18.2 Å². The molecule has 0 aliphatic carbocycles. The molecule has 0 heterocycles. The highest BCUT2D eigenvalue weighted by Crippen LogP contribution is 2.17. The maximum Gasteiger partial charge on any atom is 0.407 e. The van der Waals surface area contributed by atoms with Gasteiger partial charge < -0.3 is 20.1 Å². The van der Waals surface area contributed by atoms with Gasteiger partial charge in [0.2, 0.25) is 0 Å². The smallest absolute Gasteiger partial charge is 0.407 e. The van der Waals surface area contributed by atoms with Crippen LogP contribution in [-0.4, -0.2) is 37.9 Å². The highest BCUT2D eigenvalue weighted by molar-refractivity contribution is 5.95. The first-order valence-electron chi connectivity index (χ1n) is 6.81. The zero-order valence-electron chi connectivity index (χ0n) is 13.2. The third-order valence-corrected chi connectivity index (χ3v) is 2.50. The van der Waals surface area contributed by atoms with E-state index < -0.39 is 23.5 Å². The third kappa shape index (κ3) is 5.99. The van der Waals surface area contributed by atoms with Gasteiger partial charge in [0, 0.05) is 13.1 Å². The summed E-state index contributed by atoms with van der Waals surface area (Å²) in [6, 6.07) is 3.71. The Morgan fingerprint density at radius 2 is 1.91 bits per heavy atom. The Labute approximate surface area is 129 Å². The molecule has 0 fully saturated rings. The molecule has 0 bridgehead atoms. The molecule has 0 unspecified atom stereocenters. The van der Waals surface area contributed by atoms with Gasteiger partial charge in [-0.25, -0.2) is 14.0 Å². The van der Waals surface area contributed by atoms with E-state index in [4.69, 9.17) is 4.74 Å². The summed E-state index contributed by atoms with van der Waals surface area (Å²) in [5.74, 6) is -1.04. The molecular weight excluding hydrogens is 291 g/mol. The van der Waals surface area contributed by atoms with Gasteiger partial charge in [0.25, 0.3) is 0 Å². The Balaban J connectivity index is 2.53. The molecule has 1 rings (SSSR count). The van der Waals surface area contributed by atoms with E-state index in [1.54, 1.807) is 20.8 Å². The van der Waals surface area contributed by atoms with Crippen LogP contribution in [0.3, 0.4) is 0 Å². The number of benzene rings is 1. The van der Waals surface area contributed by atoms with E-state index in [1.807, 2.05) is 0 Å². The molecule has 1 amide bonds. The van der Waals surface area contributed by atoms with E-state index in [1.165, 1.54) is 25.3 Å². The molecule has 0 atom stereocenters. The quantitative estimate of drug-likeness (QED) is 0.645. The van der Waals surface area contributed by atoms with Crippen LogP contribution in [0, 0.1) is 5.82 Å². The molecule has 122 valence electrons. The second kappa shape index (κ2) is 7.63. The number of rotatable bonds is 5. The molecular formula is C15H21FN2O4. The monoisotopic (exact) mass is 312 g/mol. The average Bonchev–Trinajstić information content (AvgIpc) is 2.41. The topological polar surface area (TPSA) is 76.7 Å². The lowest BCUT2D eigenvalue weighted by molar-refractivity contribution is 0.0528. The third-order valence-electron chi connectivity index (χ3n) is 2.50. The summed E-state index contributed by atoms with van der Waals surface area (Å²) in [5, 5.41) is 5.43. The number of hydrogen-bond donors (Lipinski definition) is 2. The normalized spacial score (nSPS) is 10.8. The van der Waals surface area contributed by atoms with Crippen molar-refractivity contribution in [1.82, 2.24) is 5.32 Å². The van der Waals surface area contributed by atoms with Crippen LogP contribution in [0.2, 0.25) is 0 Å². The summed E-state index contributed by atoms with van der Waals surface area (Å²) >= 11 is 0. The lowest BCUT2D eigenvalue weighted by atomic mass is 10.1. The van der Waals surface area contributed by atoms with Crippen molar-refractivity contribution in [1.29, 1.82) is 0 Å². The largest absolute Gasteiger partial charge is 0.465 e.